The fourth-order valence-corrected chi connectivity index (χ4v) is 3.49. The van der Waals surface area contributed by atoms with Crippen LogP contribution in [0.15, 0.2) is 44.8 Å². The molecule has 0 spiro atoms. The van der Waals surface area contributed by atoms with Gasteiger partial charge in [-0.1, -0.05) is 15.9 Å². The van der Waals surface area contributed by atoms with Gasteiger partial charge in [0.15, 0.2) is 5.88 Å². The molecule has 146 valence electrons. The molecule has 1 saturated heterocycles. The van der Waals surface area contributed by atoms with Gasteiger partial charge in [0.2, 0.25) is 0 Å². The quantitative estimate of drug-likeness (QED) is 0.557. The zero-order valence-corrected chi connectivity index (χ0v) is 17.4. The number of hydrogen-bond donors (Lipinski definition) is 1. The highest BCUT2D eigenvalue weighted by molar-refractivity contribution is 9.10. The van der Waals surface area contributed by atoms with Gasteiger partial charge in [-0.25, -0.2) is 9.69 Å². The Labute approximate surface area is 171 Å². The average molecular weight is 446 g/mol. The van der Waals surface area contributed by atoms with Gasteiger partial charge in [-0.2, -0.15) is 0 Å². The minimum Gasteiger partial charge on any atom is -0.441 e. The lowest BCUT2D eigenvalue weighted by Crippen LogP contribution is -2.54. The van der Waals surface area contributed by atoms with Crippen molar-refractivity contribution in [2.24, 2.45) is 0 Å². The third kappa shape index (κ3) is 3.73. The third-order valence-corrected chi connectivity index (χ3v) is 4.97. The van der Waals surface area contributed by atoms with Crippen molar-refractivity contribution in [2.75, 3.05) is 22.9 Å². The Morgan fingerprint density at radius 2 is 1.86 bits per heavy atom. The molecule has 8 heteroatoms. The molecule has 0 aliphatic carbocycles. The van der Waals surface area contributed by atoms with E-state index < -0.39 is 17.8 Å². The summed E-state index contributed by atoms with van der Waals surface area (Å²) in [4.78, 5) is 40.5. The normalized spacial score (nSPS) is 15.9. The van der Waals surface area contributed by atoms with Crippen molar-refractivity contribution in [3.8, 4) is 0 Å². The number of anilines is 2. The fraction of sp³-hybridized carbons (Fsp3) is 0.250. The molecular formula is C20H20BrN3O4. The molecule has 1 aromatic carbocycles. The minimum absolute atomic E-state index is 0.164. The molecule has 1 aliphatic heterocycles. The molecule has 7 nitrogen and oxygen atoms in total. The van der Waals surface area contributed by atoms with Crippen LogP contribution in [0.1, 0.15) is 25.2 Å². The number of urea groups is 1. The summed E-state index contributed by atoms with van der Waals surface area (Å²) in [5.41, 5.74) is 0.961. The van der Waals surface area contributed by atoms with Crippen LogP contribution in [0.4, 0.5) is 16.4 Å². The van der Waals surface area contributed by atoms with Crippen LogP contribution >= 0.6 is 15.9 Å². The molecule has 0 atom stereocenters. The maximum absolute atomic E-state index is 13.0. The SMILES string of the molecule is CCN(CC)c1ccc(/C=C2\C(=O)NC(=O)N(c3ccc(Br)cc3C)C2=O)o1. The lowest BCUT2D eigenvalue weighted by Gasteiger charge is -2.27. The van der Waals surface area contributed by atoms with Crippen molar-refractivity contribution in [3.63, 3.8) is 0 Å². The van der Waals surface area contributed by atoms with Crippen LogP contribution in [0.3, 0.4) is 0 Å². The van der Waals surface area contributed by atoms with Gasteiger partial charge in [-0.15, -0.1) is 0 Å². The summed E-state index contributed by atoms with van der Waals surface area (Å²) in [5.74, 6) is -0.429. The van der Waals surface area contributed by atoms with Crippen molar-refractivity contribution in [1.82, 2.24) is 5.32 Å². The van der Waals surface area contributed by atoms with E-state index in [1.54, 1.807) is 37.3 Å². The summed E-state index contributed by atoms with van der Waals surface area (Å²) >= 11 is 3.36. The first-order chi connectivity index (χ1) is 13.3. The Hall–Kier alpha value is -2.87. The number of nitrogens with one attached hydrogen (secondary N) is 1. The van der Waals surface area contributed by atoms with Crippen molar-refractivity contribution < 1.29 is 18.8 Å². The lowest BCUT2D eigenvalue weighted by molar-refractivity contribution is -0.122. The van der Waals surface area contributed by atoms with E-state index in [0.717, 1.165) is 22.5 Å². The summed E-state index contributed by atoms with van der Waals surface area (Å²) in [5, 5.41) is 2.22. The molecule has 0 bridgehead atoms. The van der Waals surface area contributed by atoms with E-state index in [-0.39, 0.29) is 5.57 Å². The lowest BCUT2D eigenvalue weighted by atomic mass is 10.1. The number of halogens is 1. The van der Waals surface area contributed by atoms with E-state index in [1.165, 1.54) is 6.08 Å². The Balaban J connectivity index is 1.97. The molecule has 2 heterocycles. The number of hydrogen-bond acceptors (Lipinski definition) is 5. The standard InChI is InChI=1S/C20H20BrN3O4/c1-4-23(5-2)17-9-7-14(28-17)11-15-18(25)22-20(27)24(19(15)26)16-8-6-13(21)10-12(16)3/h6-11H,4-5H2,1-3H3,(H,22,25,27)/b15-11+. The van der Waals surface area contributed by atoms with Gasteiger partial charge in [0.1, 0.15) is 11.3 Å². The highest BCUT2D eigenvalue weighted by Gasteiger charge is 2.37. The number of rotatable bonds is 5. The number of barbiturate groups is 1. The number of carbonyl (C=O) groups excluding carboxylic acids is 3. The van der Waals surface area contributed by atoms with Crippen LogP contribution in [0.2, 0.25) is 0 Å². The summed E-state index contributed by atoms with van der Waals surface area (Å²) in [7, 11) is 0. The molecule has 1 N–H and O–H groups in total. The molecule has 1 aliphatic rings. The number of nitrogens with zero attached hydrogens (tertiary/aromatic N) is 2. The largest absolute Gasteiger partial charge is 0.441 e. The number of benzene rings is 1. The molecule has 0 saturated carbocycles. The molecule has 0 unspecified atom stereocenters. The Morgan fingerprint density at radius 3 is 2.50 bits per heavy atom. The number of amides is 4. The smallest absolute Gasteiger partial charge is 0.335 e. The number of carbonyl (C=O) groups is 3. The van der Waals surface area contributed by atoms with Crippen molar-refractivity contribution in [3.05, 3.63) is 51.7 Å². The van der Waals surface area contributed by atoms with Gasteiger partial charge in [0.05, 0.1) is 5.69 Å². The van der Waals surface area contributed by atoms with Crippen LogP contribution in [-0.4, -0.2) is 30.9 Å². The Bertz CT molecular complexity index is 976. The zero-order valence-electron chi connectivity index (χ0n) is 15.8. The predicted molar refractivity (Wildman–Crippen MR) is 110 cm³/mol. The summed E-state index contributed by atoms with van der Waals surface area (Å²) in [6.45, 7) is 7.33. The third-order valence-electron chi connectivity index (χ3n) is 4.48. The first-order valence-corrected chi connectivity index (χ1v) is 9.67. The first kappa shape index (κ1) is 19.9. The van der Waals surface area contributed by atoms with Crippen LogP contribution in [-0.2, 0) is 9.59 Å². The second-order valence-electron chi connectivity index (χ2n) is 6.24. The molecule has 0 radical (unpaired) electrons. The average Bonchev–Trinajstić information content (AvgIpc) is 3.10. The molecular weight excluding hydrogens is 426 g/mol. The number of aryl methyl sites for hydroxylation is 1. The fourth-order valence-electron chi connectivity index (χ4n) is 3.01. The second kappa shape index (κ2) is 8.02. The van der Waals surface area contributed by atoms with Gasteiger partial charge < -0.3 is 9.32 Å². The summed E-state index contributed by atoms with van der Waals surface area (Å²) in [6, 6.07) is 7.86. The van der Waals surface area contributed by atoms with Gasteiger partial charge in [0.25, 0.3) is 11.8 Å². The zero-order chi connectivity index (χ0) is 20.4. The van der Waals surface area contributed by atoms with Gasteiger partial charge >= 0.3 is 6.03 Å². The predicted octanol–water partition coefficient (Wildman–Crippen LogP) is 3.86. The molecule has 4 amide bonds. The van der Waals surface area contributed by atoms with Crippen LogP contribution in [0, 0.1) is 6.92 Å². The van der Waals surface area contributed by atoms with E-state index in [2.05, 4.69) is 21.2 Å². The van der Waals surface area contributed by atoms with E-state index >= 15 is 0 Å². The summed E-state index contributed by atoms with van der Waals surface area (Å²) < 4.78 is 6.57. The van der Waals surface area contributed by atoms with E-state index in [0.29, 0.717) is 22.9 Å². The maximum atomic E-state index is 13.0. The molecule has 28 heavy (non-hydrogen) atoms. The second-order valence-corrected chi connectivity index (χ2v) is 7.15. The van der Waals surface area contributed by atoms with Crippen molar-refractivity contribution in [1.29, 1.82) is 0 Å². The van der Waals surface area contributed by atoms with E-state index in [9.17, 15) is 14.4 Å². The van der Waals surface area contributed by atoms with Gasteiger partial charge in [-0.3, -0.25) is 14.9 Å². The van der Waals surface area contributed by atoms with Gasteiger partial charge in [-0.05, 0) is 56.7 Å². The maximum Gasteiger partial charge on any atom is 0.335 e. The monoisotopic (exact) mass is 445 g/mol. The first-order valence-electron chi connectivity index (χ1n) is 8.88. The summed E-state index contributed by atoms with van der Waals surface area (Å²) in [6.07, 6.45) is 1.36. The molecule has 2 aromatic rings. The Kier molecular flexibility index (Phi) is 5.69. The van der Waals surface area contributed by atoms with Crippen molar-refractivity contribution in [2.45, 2.75) is 20.8 Å². The van der Waals surface area contributed by atoms with Crippen molar-refractivity contribution >= 4 is 51.4 Å². The number of furan rings is 1. The number of imide groups is 2. The Morgan fingerprint density at radius 1 is 1.14 bits per heavy atom. The molecule has 1 aromatic heterocycles. The van der Waals surface area contributed by atoms with Gasteiger partial charge in [0, 0.05) is 23.6 Å². The van der Waals surface area contributed by atoms with Crippen LogP contribution in [0.25, 0.3) is 6.08 Å². The molecule has 1 fully saturated rings. The topological polar surface area (TPSA) is 82.9 Å². The van der Waals surface area contributed by atoms with E-state index in [4.69, 9.17) is 4.42 Å². The highest BCUT2D eigenvalue weighted by Crippen LogP contribution is 2.28. The molecule has 3 rings (SSSR count). The minimum atomic E-state index is -0.777. The highest BCUT2D eigenvalue weighted by atomic mass is 79.9. The van der Waals surface area contributed by atoms with Crippen LogP contribution < -0.4 is 15.1 Å². The van der Waals surface area contributed by atoms with Crippen LogP contribution in [0.5, 0.6) is 0 Å². The van der Waals surface area contributed by atoms with E-state index in [1.807, 2.05) is 18.7 Å².